The number of rotatable bonds is 3. The second kappa shape index (κ2) is 5.63. The lowest BCUT2D eigenvalue weighted by Gasteiger charge is -2.21. The Morgan fingerprint density at radius 3 is 2.70 bits per heavy atom. The predicted molar refractivity (Wildman–Crippen MR) is 82.3 cm³/mol. The van der Waals surface area contributed by atoms with Gasteiger partial charge in [0.2, 0.25) is 15.9 Å². The minimum Gasteiger partial charge on any atom is -0.311 e. The number of aryl methyl sites for hydroxylation is 1. The first kappa shape index (κ1) is 15.8. The summed E-state index contributed by atoms with van der Waals surface area (Å²) in [4.78, 5) is 13.7. The van der Waals surface area contributed by atoms with E-state index in [9.17, 15) is 13.2 Å². The van der Waals surface area contributed by atoms with Crippen LogP contribution >= 0.6 is 27.5 Å². The number of carbonyl (C=O) groups excluding carboxylic acids is 1. The van der Waals surface area contributed by atoms with Crippen molar-refractivity contribution in [2.75, 3.05) is 17.2 Å². The lowest BCUT2D eigenvalue weighted by atomic mass is 10.1. The van der Waals surface area contributed by atoms with Crippen LogP contribution < -0.4 is 10.0 Å². The van der Waals surface area contributed by atoms with Crippen LogP contribution in [0.4, 0.5) is 5.69 Å². The van der Waals surface area contributed by atoms with Gasteiger partial charge in [-0.2, -0.15) is 0 Å². The number of sulfonamides is 1. The summed E-state index contributed by atoms with van der Waals surface area (Å²) < 4.78 is 23.0. The Balaban J connectivity index is 2.29. The summed E-state index contributed by atoms with van der Waals surface area (Å²) in [6, 6.07) is 3.48. The first-order valence-electron chi connectivity index (χ1n) is 5.94. The lowest BCUT2D eigenvalue weighted by molar-refractivity contribution is -0.117. The SMILES string of the molecule is Cc1cc(Cl)cc(Br)c1N1CC(CS(N)(=O)=O)CC1=O. The number of benzene rings is 1. The molecule has 8 heteroatoms. The van der Waals surface area contributed by atoms with E-state index in [4.69, 9.17) is 16.7 Å². The van der Waals surface area contributed by atoms with Crippen molar-refractivity contribution in [2.24, 2.45) is 11.1 Å². The molecule has 5 nitrogen and oxygen atoms in total. The molecule has 0 aliphatic carbocycles. The van der Waals surface area contributed by atoms with Gasteiger partial charge in [0, 0.05) is 28.4 Å². The zero-order valence-corrected chi connectivity index (χ0v) is 13.9. The first-order chi connectivity index (χ1) is 9.17. The molecule has 2 N–H and O–H groups in total. The van der Waals surface area contributed by atoms with E-state index in [1.54, 1.807) is 17.0 Å². The molecule has 1 aliphatic rings. The van der Waals surface area contributed by atoms with E-state index in [1.165, 1.54) is 0 Å². The smallest absolute Gasteiger partial charge is 0.227 e. The fraction of sp³-hybridized carbons (Fsp3) is 0.417. The molecule has 1 aromatic rings. The van der Waals surface area contributed by atoms with Crippen molar-refractivity contribution in [1.82, 2.24) is 0 Å². The number of nitrogens with two attached hydrogens (primary N) is 1. The molecule has 1 aromatic carbocycles. The average molecular weight is 382 g/mol. The highest BCUT2D eigenvalue weighted by Gasteiger charge is 2.34. The molecule has 0 radical (unpaired) electrons. The molecule has 1 amide bonds. The van der Waals surface area contributed by atoms with Crippen LogP contribution in [0.2, 0.25) is 5.02 Å². The Kier molecular flexibility index (Phi) is 4.44. The predicted octanol–water partition coefficient (Wildman–Crippen LogP) is 2.05. The largest absolute Gasteiger partial charge is 0.311 e. The monoisotopic (exact) mass is 380 g/mol. The van der Waals surface area contributed by atoms with Crippen LogP contribution in [0.15, 0.2) is 16.6 Å². The third-order valence-electron chi connectivity index (χ3n) is 3.16. The van der Waals surface area contributed by atoms with Crippen molar-refractivity contribution < 1.29 is 13.2 Å². The fourth-order valence-corrected chi connectivity index (χ4v) is 4.53. The van der Waals surface area contributed by atoms with Crippen LogP contribution in [-0.4, -0.2) is 26.6 Å². The number of nitrogens with zero attached hydrogens (tertiary/aromatic N) is 1. The summed E-state index contributed by atoms with van der Waals surface area (Å²) >= 11 is 9.35. The van der Waals surface area contributed by atoms with Gasteiger partial charge in [-0.1, -0.05) is 11.6 Å². The van der Waals surface area contributed by atoms with Crippen molar-refractivity contribution in [1.29, 1.82) is 0 Å². The fourth-order valence-electron chi connectivity index (χ4n) is 2.47. The molecule has 1 atom stereocenters. The quantitative estimate of drug-likeness (QED) is 0.870. The molecule has 1 fully saturated rings. The van der Waals surface area contributed by atoms with Crippen molar-refractivity contribution in [3.8, 4) is 0 Å². The number of halogens is 2. The molecule has 2 rings (SSSR count). The normalized spacial score (nSPS) is 19.7. The maximum absolute atomic E-state index is 12.1. The lowest BCUT2D eigenvalue weighted by Crippen LogP contribution is -2.28. The van der Waals surface area contributed by atoms with E-state index in [2.05, 4.69) is 15.9 Å². The second-order valence-electron chi connectivity index (χ2n) is 4.96. The minimum atomic E-state index is -3.58. The zero-order chi connectivity index (χ0) is 15.1. The molecule has 0 spiro atoms. The van der Waals surface area contributed by atoms with Crippen molar-refractivity contribution in [3.63, 3.8) is 0 Å². The Morgan fingerprint density at radius 1 is 1.50 bits per heavy atom. The Labute approximate surface area is 131 Å². The Bertz CT molecular complexity index is 640. The minimum absolute atomic E-state index is 0.107. The number of anilines is 1. The summed E-state index contributed by atoms with van der Waals surface area (Å²) in [5, 5.41) is 5.62. The molecule has 0 aromatic heterocycles. The highest BCUT2D eigenvalue weighted by Crippen LogP contribution is 2.36. The Hall–Kier alpha value is -0.630. The van der Waals surface area contributed by atoms with Crippen molar-refractivity contribution in [3.05, 3.63) is 27.2 Å². The Morgan fingerprint density at radius 2 is 2.15 bits per heavy atom. The molecule has 1 saturated heterocycles. The van der Waals surface area contributed by atoms with Crippen LogP contribution in [-0.2, 0) is 14.8 Å². The average Bonchev–Trinajstić information content (AvgIpc) is 2.55. The van der Waals surface area contributed by atoms with Gasteiger partial charge in [0.05, 0.1) is 11.4 Å². The number of hydrogen-bond donors (Lipinski definition) is 1. The van der Waals surface area contributed by atoms with Crippen molar-refractivity contribution in [2.45, 2.75) is 13.3 Å². The molecule has 1 heterocycles. The van der Waals surface area contributed by atoms with E-state index >= 15 is 0 Å². The topological polar surface area (TPSA) is 80.5 Å². The third-order valence-corrected chi connectivity index (χ3v) is 4.92. The van der Waals surface area contributed by atoms with Crippen LogP contribution in [0.3, 0.4) is 0 Å². The van der Waals surface area contributed by atoms with Gasteiger partial charge in [0.1, 0.15) is 0 Å². The van der Waals surface area contributed by atoms with Crippen LogP contribution in [0.5, 0.6) is 0 Å². The van der Waals surface area contributed by atoms with Crippen molar-refractivity contribution >= 4 is 49.1 Å². The number of hydrogen-bond acceptors (Lipinski definition) is 3. The van der Waals surface area contributed by atoms with Gasteiger partial charge in [-0.05, 0) is 40.5 Å². The molecule has 110 valence electrons. The number of primary sulfonamides is 1. The zero-order valence-electron chi connectivity index (χ0n) is 10.8. The highest BCUT2D eigenvalue weighted by molar-refractivity contribution is 9.10. The molecule has 0 bridgehead atoms. The third kappa shape index (κ3) is 3.52. The summed E-state index contributed by atoms with van der Waals surface area (Å²) in [6.45, 7) is 2.20. The summed E-state index contributed by atoms with van der Waals surface area (Å²) in [7, 11) is -3.58. The van der Waals surface area contributed by atoms with E-state index in [0.29, 0.717) is 16.0 Å². The molecular weight excluding hydrogens is 368 g/mol. The molecule has 20 heavy (non-hydrogen) atoms. The van der Waals surface area contributed by atoms with E-state index < -0.39 is 10.0 Å². The van der Waals surface area contributed by atoms with Gasteiger partial charge >= 0.3 is 0 Å². The van der Waals surface area contributed by atoms with Gasteiger partial charge in [-0.15, -0.1) is 0 Å². The standard InChI is InChI=1S/C12H14BrClN2O3S/c1-7-2-9(14)4-10(13)12(7)16-5-8(3-11(16)17)6-20(15,18)19/h2,4,8H,3,5-6H2,1H3,(H2,15,18,19). The van der Waals surface area contributed by atoms with E-state index in [0.717, 1.165) is 11.3 Å². The summed E-state index contributed by atoms with van der Waals surface area (Å²) in [5.41, 5.74) is 1.59. The highest BCUT2D eigenvalue weighted by atomic mass is 79.9. The summed E-state index contributed by atoms with van der Waals surface area (Å²) in [5.74, 6) is -0.566. The number of carbonyl (C=O) groups is 1. The maximum Gasteiger partial charge on any atom is 0.227 e. The van der Waals surface area contributed by atoms with Gasteiger partial charge < -0.3 is 4.90 Å². The van der Waals surface area contributed by atoms with Crippen LogP contribution in [0.25, 0.3) is 0 Å². The maximum atomic E-state index is 12.1. The molecule has 0 saturated carbocycles. The van der Waals surface area contributed by atoms with E-state index in [1.807, 2.05) is 6.92 Å². The van der Waals surface area contributed by atoms with E-state index in [-0.39, 0.29) is 24.0 Å². The van der Waals surface area contributed by atoms with Gasteiger partial charge in [0.15, 0.2) is 0 Å². The first-order valence-corrected chi connectivity index (χ1v) is 8.82. The molecule has 1 aliphatic heterocycles. The summed E-state index contributed by atoms with van der Waals surface area (Å²) in [6.07, 6.45) is 0.185. The second-order valence-corrected chi connectivity index (χ2v) is 7.91. The van der Waals surface area contributed by atoms with Crippen LogP contribution in [0, 0.1) is 12.8 Å². The molecular formula is C12H14BrClN2O3S. The van der Waals surface area contributed by atoms with Gasteiger partial charge in [0.25, 0.3) is 0 Å². The van der Waals surface area contributed by atoms with Gasteiger partial charge in [-0.3, -0.25) is 4.79 Å². The van der Waals surface area contributed by atoms with Gasteiger partial charge in [-0.25, -0.2) is 13.6 Å². The van der Waals surface area contributed by atoms with Crippen LogP contribution in [0.1, 0.15) is 12.0 Å². The molecule has 1 unspecified atom stereocenters. The number of amides is 1.